The van der Waals surface area contributed by atoms with Gasteiger partial charge in [0.25, 0.3) is 0 Å². The maximum absolute atomic E-state index is 5.71. The molecule has 0 saturated heterocycles. The third-order valence-electron chi connectivity index (χ3n) is 3.40. The van der Waals surface area contributed by atoms with Gasteiger partial charge in [-0.05, 0) is 42.4 Å². The summed E-state index contributed by atoms with van der Waals surface area (Å²) in [5.74, 6) is 1.38. The maximum Gasteiger partial charge on any atom is 0.216 e. The molecule has 5 nitrogen and oxygen atoms in total. The summed E-state index contributed by atoms with van der Waals surface area (Å²) in [7, 11) is 0. The Morgan fingerprint density at radius 2 is 1.84 bits per heavy atom. The lowest BCUT2D eigenvalue weighted by Gasteiger charge is -2.05. The Hall–Kier alpha value is -2.99. The number of aromatic amines is 1. The van der Waals surface area contributed by atoms with Crippen molar-refractivity contribution >= 4 is 24.5 Å². The topological polar surface area (TPSA) is 55.2 Å². The highest BCUT2D eigenvalue weighted by Crippen LogP contribution is 2.11. The van der Waals surface area contributed by atoms with E-state index in [1.165, 1.54) is 0 Å². The minimum atomic E-state index is 0.274. The summed E-state index contributed by atoms with van der Waals surface area (Å²) < 4.78 is 7.71. The van der Waals surface area contributed by atoms with Crippen molar-refractivity contribution in [1.82, 2.24) is 14.9 Å². The first-order chi connectivity index (χ1) is 12.2. The summed E-state index contributed by atoms with van der Waals surface area (Å²) in [6, 6.07) is 19.6. The summed E-state index contributed by atoms with van der Waals surface area (Å²) in [6.07, 6.45) is 3.80. The van der Waals surface area contributed by atoms with Crippen molar-refractivity contribution in [1.29, 1.82) is 0 Å². The van der Waals surface area contributed by atoms with Crippen LogP contribution in [0.3, 0.4) is 0 Å². The van der Waals surface area contributed by atoms with Crippen molar-refractivity contribution in [2.45, 2.75) is 13.5 Å². The van der Waals surface area contributed by atoms with E-state index in [2.05, 4.69) is 15.3 Å². The molecule has 0 saturated carbocycles. The van der Waals surface area contributed by atoms with Gasteiger partial charge < -0.3 is 4.74 Å². The number of para-hydroxylation sites is 1. The van der Waals surface area contributed by atoms with E-state index < -0.39 is 0 Å². The van der Waals surface area contributed by atoms with E-state index in [-0.39, 0.29) is 6.61 Å². The monoisotopic (exact) mass is 350 g/mol. The Labute approximate surface area is 151 Å². The molecule has 1 aromatic heterocycles. The Kier molecular flexibility index (Phi) is 5.53. The van der Waals surface area contributed by atoms with E-state index in [9.17, 15) is 0 Å². The van der Waals surface area contributed by atoms with Gasteiger partial charge in [0.1, 0.15) is 12.4 Å². The predicted octanol–water partition coefficient (Wildman–Crippen LogP) is 4.46. The van der Waals surface area contributed by atoms with E-state index >= 15 is 0 Å². The molecule has 0 aliphatic rings. The highest BCUT2D eigenvalue weighted by Gasteiger charge is 2.05. The van der Waals surface area contributed by atoms with E-state index in [1.54, 1.807) is 10.9 Å². The van der Waals surface area contributed by atoms with Gasteiger partial charge >= 0.3 is 0 Å². The molecule has 0 unspecified atom stereocenters. The minimum absolute atomic E-state index is 0.274. The fourth-order valence-electron chi connectivity index (χ4n) is 2.20. The quantitative estimate of drug-likeness (QED) is 0.527. The van der Waals surface area contributed by atoms with Crippen LogP contribution in [0.2, 0.25) is 0 Å². The van der Waals surface area contributed by atoms with E-state index in [4.69, 9.17) is 17.0 Å². The summed E-state index contributed by atoms with van der Waals surface area (Å²) in [6.45, 7) is 2.26. The highest BCUT2D eigenvalue weighted by atomic mass is 32.1. The second-order valence-corrected chi connectivity index (χ2v) is 5.79. The van der Waals surface area contributed by atoms with Crippen molar-refractivity contribution < 1.29 is 4.74 Å². The maximum atomic E-state index is 5.71. The average molecular weight is 350 g/mol. The van der Waals surface area contributed by atoms with Crippen molar-refractivity contribution in [3.8, 4) is 5.75 Å². The molecule has 25 heavy (non-hydrogen) atoms. The Morgan fingerprint density at radius 1 is 1.16 bits per heavy atom. The second kappa shape index (κ2) is 8.21. The molecule has 0 amide bonds. The number of H-pyrrole nitrogens is 1. The Morgan fingerprint density at radius 3 is 2.56 bits per heavy atom. The smallest absolute Gasteiger partial charge is 0.216 e. The lowest BCUT2D eigenvalue weighted by atomic mass is 10.1. The van der Waals surface area contributed by atoms with Crippen molar-refractivity contribution in [2.24, 2.45) is 5.10 Å². The molecule has 2 aromatic carbocycles. The summed E-state index contributed by atoms with van der Waals surface area (Å²) >= 11 is 5.24. The fraction of sp³-hybridized carbons (Fsp3) is 0.105. The number of hydrogen-bond donors (Lipinski definition) is 1. The van der Waals surface area contributed by atoms with Crippen LogP contribution in [0.25, 0.3) is 6.08 Å². The first kappa shape index (κ1) is 16.9. The molecule has 0 aliphatic heterocycles. The normalized spacial score (nSPS) is 11.8. The van der Waals surface area contributed by atoms with Gasteiger partial charge in [-0.25, -0.2) is 5.10 Å². The van der Waals surface area contributed by atoms with Gasteiger partial charge in [-0.2, -0.15) is 14.9 Å². The third-order valence-corrected chi connectivity index (χ3v) is 3.66. The number of aromatic nitrogens is 3. The van der Waals surface area contributed by atoms with Gasteiger partial charge in [0, 0.05) is 0 Å². The molecular formula is C19H18N4OS. The lowest BCUT2D eigenvalue weighted by molar-refractivity contribution is 0.290. The van der Waals surface area contributed by atoms with Crippen molar-refractivity contribution in [3.05, 3.63) is 82.4 Å². The van der Waals surface area contributed by atoms with Crippen molar-refractivity contribution in [3.63, 3.8) is 0 Å². The van der Waals surface area contributed by atoms with Gasteiger partial charge in [0.2, 0.25) is 4.77 Å². The lowest BCUT2D eigenvalue weighted by Crippen LogP contribution is -2.04. The summed E-state index contributed by atoms with van der Waals surface area (Å²) in [4.78, 5) is 0. The number of ether oxygens (including phenoxy) is 1. The zero-order valence-corrected chi connectivity index (χ0v) is 14.6. The molecule has 0 radical (unpaired) electrons. The van der Waals surface area contributed by atoms with Gasteiger partial charge in [-0.1, -0.05) is 54.6 Å². The van der Waals surface area contributed by atoms with Crippen LogP contribution in [0, 0.1) is 4.77 Å². The number of nitrogens with zero attached hydrogens (tertiary/aromatic N) is 3. The zero-order valence-electron chi connectivity index (χ0n) is 13.8. The van der Waals surface area contributed by atoms with E-state index in [0.29, 0.717) is 10.6 Å². The minimum Gasteiger partial charge on any atom is -0.486 e. The van der Waals surface area contributed by atoms with Crippen LogP contribution in [-0.4, -0.2) is 21.1 Å². The van der Waals surface area contributed by atoms with Gasteiger partial charge in [-0.3, -0.25) is 0 Å². The highest BCUT2D eigenvalue weighted by molar-refractivity contribution is 7.71. The van der Waals surface area contributed by atoms with Crippen LogP contribution in [0.5, 0.6) is 5.75 Å². The molecule has 3 aromatic rings. The largest absolute Gasteiger partial charge is 0.486 e. The van der Waals surface area contributed by atoms with Gasteiger partial charge in [-0.15, -0.1) is 0 Å². The number of allylic oxidation sites excluding steroid dienone is 1. The van der Waals surface area contributed by atoms with Crippen LogP contribution >= 0.6 is 12.2 Å². The summed E-state index contributed by atoms with van der Waals surface area (Å²) in [5, 5.41) is 11.3. The molecule has 0 aliphatic carbocycles. The number of hydrogen-bond acceptors (Lipinski definition) is 4. The molecular weight excluding hydrogens is 332 g/mol. The van der Waals surface area contributed by atoms with Crippen LogP contribution in [0.15, 0.2) is 71.3 Å². The molecule has 1 N–H and O–H groups in total. The number of rotatable bonds is 6. The van der Waals surface area contributed by atoms with E-state index in [1.807, 2.05) is 73.7 Å². The van der Waals surface area contributed by atoms with Gasteiger partial charge in [0.05, 0.1) is 6.21 Å². The van der Waals surface area contributed by atoms with Crippen LogP contribution in [0.1, 0.15) is 18.3 Å². The SMILES string of the molecule is C/C(C=Nn1c(COc2ccccc2)n[nH]c1=S)=C\c1ccccc1. The number of benzene rings is 2. The van der Waals surface area contributed by atoms with Crippen LogP contribution in [0.4, 0.5) is 0 Å². The van der Waals surface area contributed by atoms with Gasteiger partial charge in [0.15, 0.2) is 5.82 Å². The average Bonchev–Trinajstić information content (AvgIpc) is 3.00. The molecule has 0 spiro atoms. The molecule has 6 heteroatoms. The molecule has 1 heterocycles. The molecule has 0 fully saturated rings. The standard InChI is InChI=1S/C19H18N4OS/c1-15(12-16-8-4-2-5-9-16)13-20-23-18(21-22-19(23)25)14-24-17-10-6-3-7-11-17/h2-13H,14H2,1H3,(H,22,25)/b15-12+,20-13?. The first-order valence-electron chi connectivity index (χ1n) is 7.84. The Balaban J connectivity index is 1.73. The molecule has 0 bridgehead atoms. The molecule has 0 atom stereocenters. The predicted molar refractivity (Wildman–Crippen MR) is 102 cm³/mol. The van der Waals surface area contributed by atoms with Crippen molar-refractivity contribution in [2.75, 3.05) is 0 Å². The van der Waals surface area contributed by atoms with Crippen LogP contribution in [-0.2, 0) is 6.61 Å². The Bertz CT molecular complexity index is 927. The summed E-state index contributed by atoms with van der Waals surface area (Å²) in [5.41, 5.74) is 2.12. The first-order valence-corrected chi connectivity index (χ1v) is 8.25. The molecule has 126 valence electrons. The molecule has 3 rings (SSSR count). The third kappa shape index (κ3) is 4.74. The zero-order chi connectivity index (χ0) is 17.5. The van der Waals surface area contributed by atoms with E-state index in [0.717, 1.165) is 16.9 Å². The fourth-order valence-corrected chi connectivity index (χ4v) is 2.40. The second-order valence-electron chi connectivity index (χ2n) is 5.40. The van der Waals surface area contributed by atoms with Crippen LogP contribution < -0.4 is 4.74 Å². The number of nitrogens with one attached hydrogen (secondary N) is 1.